The molecule has 2 heterocycles. The molecule has 3 rings (SSSR count). The molecule has 66 valence electrons. The molecule has 2 fully saturated rings. The maximum absolute atomic E-state index is 11.2. The van der Waals surface area contributed by atoms with Gasteiger partial charge in [0.1, 0.15) is 0 Å². The van der Waals surface area contributed by atoms with Gasteiger partial charge in [-0.2, -0.15) is 0 Å². The van der Waals surface area contributed by atoms with Gasteiger partial charge in [0.25, 0.3) is 6.29 Å². The van der Waals surface area contributed by atoms with Crippen LogP contribution in [-0.4, -0.2) is 18.6 Å². The van der Waals surface area contributed by atoms with E-state index in [4.69, 9.17) is 9.47 Å². The lowest BCUT2D eigenvalue weighted by molar-refractivity contribution is 0.0956. The van der Waals surface area contributed by atoms with Crippen molar-refractivity contribution in [3.8, 4) is 0 Å². The molecule has 0 aliphatic carbocycles. The number of rotatable bonds is 1. The van der Waals surface area contributed by atoms with E-state index >= 15 is 0 Å². The number of hydrogen-bond donors (Lipinski definition) is 0. The van der Waals surface area contributed by atoms with Gasteiger partial charge in [-0.15, -0.1) is 0 Å². The van der Waals surface area contributed by atoms with E-state index in [0.29, 0.717) is 0 Å². The van der Waals surface area contributed by atoms with Crippen LogP contribution in [0, 0.1) is 0 Å². The Bertz CT molecular complexity index is 351. The molecular weight excluding hydrogens is 170 g/mol. The van der Waals surface area contributed by atoms with Crippen molar-refractivity contribution < 1.29 is 14.3 Å². The van der Waals surface area contributed by atoms with Crippen molar-refractivity contribution in [2.75, 3.05) is 4.90 Å². The summed E-state index contributed by atoms with van der Waals surface area (Å²) in [6.07, 6.45) is -0.866. The van der Waals surface area contributed by atoms with Gasteiger partial charge in [-0.3, -0.25) is 0 Å². The average Bonchev–Trinajstić information content (AvgIpc) is 2.80. The molecule has 0 saturated carbocycles. The Kier molecular flexibility index (Phi) is 1.19. The zero-order chi connectivity index (χ0) is 8.84. The Balaban J connectivity index is 1.97. The molecule has 0 bridgehead atoms. The van der Waals surface area contributed by atoms with Gasteiger partial charge < -0.3 is 9.47 Å². The first-order chi connectivity index (χ1) is 6.36. The Morgan fingerprint density at radius 1 is 1.23 bits per heavy atom. The summed E-state index contributed by atoms with van der Waals surface area (Å²) in [7, 11) is 0. The minimum atomic E-state index is -0.340. The summed E-state index contributed by atoms with van der Waals surface area (Å²) in [5.41, 5.74) is 0.817. The van der Waals surface area contributed by atoms with Crippen molar-refractivity contribution in [1.29, 1.82) is 0 Å². The fourth-order valence-corrected chi connectivity index (χ4v) is 1.46. The second-order valence-corrected chi connectivity index (χ2v) is 2.98. The summed E-state index contributed by atoms with van der Waals surface area (Å²) < 4.78 is 9.94. The van der Waals surface area contributed by atoms with Crippen molar-refractivity contribution in [3.05, 3.63) is 30.3 Å². The van der Waals surface area contributed by atoms with E-state index in [1.807, 2.05) is 30.3 Å². The lowest BCUT2D eigenvalue weighted by Crippen LogP contribution is -2.27. The van der Waals surface area contributed by atoms with Gasteiger partial charge in [-0.25, -0.2) is 9.69 Å². The second kappa shape index (κ2) is 2.23. The number of hydrogen-bond acceptors (Lipinski definition) is 3. The number of epoxide rings is 1. The number of nitrogens with zero attached hydrogens (tertiary/aromatic N) is 1. The van der Waals surface area contributed by atoms with Crippen molar-refractivity contribution in [1.82, 2.24) is 0 Å². The quantitative estimate of drug-likeness (QED) is 0.607. The van der Waals surface area contributed by atoms with Crippen molar-refractivity contribution in [2.24, 2.45) is 0 Å². The fraction of sp³-hybridized carbons (Fsp3) is 0.222. The van der Waals surface area contributed by atoms with Gasteiger partial charge in [0, 0.05) is 5.69 Å². The molecule has 4 heteroatoms. The molecule has 2 aliphatic rings. The number of para-hydroxylation sites is 1. The van der Waals surface area contributed by atoms with Crippen LogP contribution in [0.4, 0.5) is 10.5 Å². The summed E-state index contributed by atoms with van der Waals surface area (Å²) in [4.78, 5) is 12.8. The van der Waals surface area contributed by atoms with E-state index in [2.05, 4.69) is 0 Å². The first-order valence-electron chi connectivity index (χ1n) is 4.06. The minimum absolute atomic E-state index is 0.199. The van der Waals surface area contributed by atoms with Crippen LogP contribution >= 0.6 is 0 Å². The highest BCUT2D eigenvalue weighted by atomic mass is 16.8. The molecule has 2 unspecified atom stereocenters. The van der Waals surface area contributed by atoms with E-state index in [9.17, 15) is 4.79 Å². The molecule has 1 aromatic carbocycles. The van der Waals surface area contributed by atoms with Crippen LogP contribution in [0.3, 0.4) is 0 Å². The van der Waals surface area contributed by atoms with Gasteiger partial charge >= 0.3 is 6.09 Å². The van der Waals surface area contributed by atoms with Crippen LogP contribution in [0.5, 0.6) is 0 Å². The maximum Gasteiger partial charge on any atom is 0.419 e. The summed E-state index contributed by atoms with van der Waals surface area (Å²) >= 11 is 0. The summed E-state index contributed by atoms with van der Waals surface area (Å²) in [6.45, 7) is 0. The number of carbonyl (C=O) groups excluding carboxylic acids is 1. The molecule has 0 radical (unpaired) electrons. The number of amides is 1. The molecule has 4 nitrogen and oxygen atoms in total. The van der Waals surface area contributed by atoms with Gasteiger partial charge in [0.2, 0.25) is 6.23 Å². The normalized spacial score (nSPS) is 29.8. The zero-order valence-corrected chi connectivity index (χ0v) is 6.71. The maximum atomic E-state index is 11.2. The first kappa shape index (κ1) is 6.91. The highest BCUT2D eigenvalue weighted by molar-refractivity contribution is 5.91. The smallest absolute Gasteiger partial charge is 0.414 e. The molecule has 1 aromatic rings. The van der Waals surface area contributed by atoms with Crippen molar-refractivity contribution >= 4 is 11.8 Å². The van der Waals surface area contributed by atoms with E-state index in [1.54, 1.807) is 0 Å². The minimum Gasteiger partial charge on any atom is -0.414 e. The number of benzene rings is 1. The lowest BCUT2D eigenvalue weighted by Gasteiger charge is -2.13. The molecule has 0 spiro atoms. The molecular formula is C9H7NO3. The molecule has 13 heavy (non-hydrogen) atoms. The highest BCUT2D eigenvalue weighted by Crippen LogP contribution is 2.38. The molecule has 1 amide bonds. The average molecular weight is 177 g/mol. The Morgan fingerprint density at radius 2 is 2.00 bits per heavy atom. The van der Waals surface area contributed by atoms with E-state index in [-0.39, 0.29) is 18.6 Å². The molecule has 0 N–H and O–H groups in total. The van der Waals surface area contributed by atoms with Crippen molar-refractivity contribution in [3.63, 3.8) is 0 Å². The van der Waals surface area contributed by atoms with Crippen LogP contribution in [0.2, 0.25) is 0 Å². The van der Waals surface area contributed by atoms with Crippen LogP contribution in [0.25, 0.3) is 0 Å². The third kappa shape index (κ3) is 0.922. The predicted octanol–water partition coefficient (Wildman–Crippen LogP) is 1.33. The number of ether oxygens (including phenoxy) is 2. The SMILES string of the molecule is O=C1OC2OC2N1c1ccccc1. The monoisotopic (exact) mass is 177 g/mol. The topological polar surface area (TPSA) is 42.1 Å². The largest absolute Gasteiger partial charge is 0.419 e. The van der Waals surface area contributed by atoms with E-state index in [1.165, 1.54) is 4.90 Å². The third-order valence-corrected chi connectivity index (χ3v) is 2.13. The Morgan fingerprint density at radius 3 is 2.62 bits per heavy atom. The van der Waals surface area contributed by atoms with Gasteiger partial charge in [0.05, 0.1) is 0 Å². The highest BCUT2D eigenvalue weighted by Gasteiger charge is 2.57. The van der Waals surface area contributed by atoms with Crippen LogP contribution in [-0.2, 0) is 9.47 Å². The van der Waals surface area contributed by atoms with Crippen LogP contribution < -0.4 is 4.90 Å². The van der Waals surface area contributed by atoms with Gasteiger partial charge in [0.15, 0.2) is 0 Å². The van der Waals surface area contributed by atoms with Gasteiger partial charge in [-0.05, 0) is 12.1 Å². The Hall–Kier alpha value is -1.55. The lowest BCUT2D eigenvalue weighted by atomic mass is 10.3. The van der Waals surface area contributed by atoms with Crippen LogP contribution in [0.15, 0.2) is 30.3 Å². The van der Waals surface area contributed by atoms with Gasteiger partial charge in [-0.1, -0.05) is 18.2 Å². The summed E-state index contributed by atoms with van der Waals surface area (Å²) in [5.74, 6) is 0. The third-order valence-electron chi connectivity index (χ3n) is 2.13. The Labute approximate surface area is 74.7 Å². The van der Waals surface area contributed by atoms with E-state index < -0.39 is 0 Å². The summed E-state index contributed by atoms with van der Waals surface area (Å²) in [5, 5.41) is 0. The molecule has 2 saturated heterocycles. The second-order valence-electron chi connectivity index (χ2n) is 2.98. The summed E-state index contributed by atoms with van der Waals surface area (Å²) in [6, 6.07) is 9.35. The number of anilines is 1. The predicted molar refractivity (Wildman–Crippen MR) is 44.1 cm³/mol. The van der Waals surface area contributed by atoms with Crippen LogP contribution in [0.1, 0.15) is 0 Å². The number of carbonyl (C=O) groups is 1. The molecule has 0 aromatic heterocycles. The molecule has 2 aliphatic heterocycles. The molecule has 2 atom stereocenters. The number of fused-ring (bicyclic) bond motifs is 1. The standard InChI is InChI=1S/C9H7NO3/c11-9-10(7-8(12-7)13-9)6-4-2-1-3-5-6/h1-5,7-8H. The first-order valence-corrected chi connectivity index (χ1v) is 4.06. The van der Waals surface area contributed by atoms with E-state index in [0.717, 1.165) is 5.69 Å². The zero-order valence-electron chi connectivity index (χ0n) is 6.71. The van der Waals surface area contributed by atoms with Crippen molar-refractivity contribution in [2.45, 2.75) is 12.5 Å². The fourth-order valence-electron chi connectivity index (χ4n) is 1.46.